The van der Waals surface area contributed by atoms with Crippen molar-refractivity contribution in [2.24, 2.45) is 5.11 Å². The Hall–Kier alpha value is -3.46. The van der Waals surface area contributed by atoms with E-state index in [1.807, 2.05) is 37.3 Å². The number of hydrogen-bond donors (Lipinski definition) is 1. The summed E-state index contributed by atoms with van der Waals surface area (Å²) >= 11 is 0. The fourth-order valence-corrected chi connectivity index (χ4v) is 4.25. The van der Waals surface area contributed by atoms with E-state index in [4.69, 9.17) is 29.2 Å². The number of aryl methyl sites for hydroxylation is 1. The van der Waals surface area contributed by atoms with E-state index in [0.717, 1.165) is 36.5 Å². The van der Waals surface area contributed by atoms with Crippen LogP contribution < -0.4 is 19.5 Å². The monoisotopic (exact) mass is 526 g/mol. The first-order chi connectivity index (χ1) is 18.7. The van der Waals surface area contributed by atoms with Gasteiger partial charge in [-0.15, -0.1) is 0 Å². The lowest BCUT2D eigenvalue weighted by atomic mass is 9.97. The number of amides is 1. The van der Waals surface area contributed by atoms with Gasteiger partial charge in [-0.1, -0.05) is 11.2 Å². The van der Waals surface area contributed by atoms with Crippen molar-refractivity contribution in [3.63, 3.8) is 0 Å². The third-order valence-electron chi connectivity index (χ3n) is 6.05. The van der Waals surface area contributed by atoms with Crippen LogP contribution >= 0.6 is 0 Å². The number of hydrogen-bond acceptors (Lipinski definition) is 7. The lowest BCUT2D eigenvalue weighted by Gasteiger charge is -2.13. The standard InChI is InChI=1S/C28H38N4O6/c1-2-36-24-6-8-25(9-7-24)37-14-3-15-38-26-10-11-27-22(20-26)4-5-23(27)21-28(33)30-12-16-34-18-19-35-17-13-31-32-29/h6-11,20,23H,2-5,12-19,21H2,1H3,(H,30,33)/t23-/m0/s1. The van der Waals surface area contributed by atoms with Gasteiger partial charge in [-0.2, -0.15) is 0 Å². The molecule has 2 aromatic carbocycles. The van der Waals surface area contributed by atoms with Gasteiger partial charge in [0.25, 0.3) is 0 Å². The summed E-state index contributed by atoms with van der Waals surface area (Å²) in [5, 5.41) is 6.31. The van der Waals surface area contributed by atoms with Crippen LogP contribution in [0.4, 0.5) is 0 Å². The van der Waals surface area contributed by atoms with E-state index in [-0.39, 0.29) is 11.8 Å². The minimum Gasteiger partial charge on any atom is -0.494 e. The Kier molecular flexibility index (Phi) is 13.1. The highest BCUT2D eigenvalue weighted by Gasteiger charge is 2.25. The molecule has 0 saturated carbocycles. The molecule has 3 rings (SSSR count). The molecule has 1 aliphatic carbocycles. The molecular weight excluding hydrogens is 488 g/mol. The zero-order valence-corrected chi connectivity index (χ0v) is 22.1. The van der Waals surface area contributed by atoms with E-state index in [9.17, 15) is 4.79 Å². The Morgan fingerprint density at radius 2 is 1.63 bits per heavy atom. The molecule has 10 heteroatoms. The molecule has 1 atom stereocenters. The van der Waals surface area contributed by atoms with E-state index < -0.39 is 0 Å². The predicted molar refractivity (Wildman–Crippen MR) is 144 cm³/mol. The molecule has 0 bridgehead atoms. The Morgan fingerprint density at radius 3 is 2.37 bits per heavy atom. The molecule has 1 N–H and O–H groups in total. The highest BCUT2D eigenvalue weighted by atomic mass is 16.5. The summed E-state index contributed by atoms with van der Waals surface area (Å²) in [5.74, 6) is 2.77. The van der Waals surface area contributed by atoms with Gasteiger partial charge in [-0.3, -0.25) is 4.79 Å². The Balaban J connectivity index is 1.27. The average molecular weight is 527 g/mol. The first-order valence-electron chi connectivity index (χ1n) is 13.2. The zero-order valence-electron chi connectivity index (χ0n) is 22.1. The van der Waals surface area contributed by atoms with Gasteiger partial charge in [0, 0.05) is 30.8 Å². The SMILES string of the molecule is CCOc1ccc(OCCCOc2ccc3c(c2)CC[C@H]3CC(=O)NCCOCCOCCN=[N+]=[N-])cc1. The highest BCUT2D eigenvalue weighted by molar-refractivity contribution is 5.77. The molecule has 206 valence electrons. The van der Waals surface area contributed by atoms with Crippen molar-refractivity contribution in [2.45, 2.75) is 38.5 Å². The number of ether oxygens (including phenoxy) is 5. The van der Waals surface area contributed by atoms with Crippen LogP contribution in [-0.2, 0) is 20.7 Å². The van der Waals surface area contributed by atoms with Crippen molar-refractivity contribution in [3.8, 4) is 17.2 Å². The van der Waals surface area contributed by atoms with Gasteiger partial charge in [-0.25, -0.2) is 0 Å². The molecule has 1 amide bonds. The Labute approximate surface area is 224 Å². The summed E-state index contributed by atoms with van der Waals surface area (Å²) in [6.07, 6.45) is 3.17. The molecule has 0 spiro atoms. The predicted octanol–water partition coefficient (Wildman–Crippen LogP) is 4.81. The van der Waals surface area contributed by atoms with E-state index in [0.29, 0.717) is 65.8 Å². The Bertz CT molecular complexity index is 1030. The molecule has 0 unspecified atom stereocenters. The van der Waals surface area contributed by atoms with Gasteiger partial charge in [-0.05, 0) is 78.7 Å². The molecule has 1 aliphatic rings. The van der Waals surface area contributed by atoms with Crippen LogP contribution in [0.5, 0.6) is 17.2 Å². The average Bonchev–Trinajstić information content (AvgIpc) is 3.32. The highest BCUT2D eigenvalue weighted by Crippen LogP contribution is 2.37. The van der Waals surface area contributed by atoms with Gasteiger partial charge in [0.15, 0.2) is 0 Å². The first-order valence-corrected chi connectivity index (χ1v) is 13.2. The lowest BCUT2D eigenvalue weighted by molar-refractivity contribution is -0.121. The smallest absolute Gasteiger partial charge is 0.220 e. The fourth-order valence-electron chi connectivity index (χ4n) is 4.25. The van der Waals surface area contributed by atoms with Crippen molar-refractivity contribution >= 4 is 5.91 Å². The summed E-state index contributed by atoms with van der Waals surface area (Å²) in [6.45, 7) is 6.20. The van der Waals surface area contributed by atoms with Crippen molar-refractivity contribution in [1.82, 2.24) is 5.32 Å². The second kappa shape index (κ2) is 17.1. The molecule has 0 fully saturated rings. The number of fused-ring (bicyclic) bond motifs is 1. The van der Waals surface area contributed by atoms with Gasteiger partial charge in [0.1, 0.15) is 17.2 Å². The summed E-state index contributed by atoms with van der Waals surface area (Å²) in [5.41, 5.74) is 10.7. The molecule has 0 aliphatic heterocycles. The van der Waals surface area contributed by atoms with E-state index in [1.54, 1.807) is 0 Å². The molecule has 38 heavy (non-hydrogen) atoms. The Morgan fingerprint density at radius 1 is 0.947 bits per heavy atom. The number of carbonyl (C=O) groups is 1. The summed E-state index contributed by atoms with van der Waals surface area (Å²) in [7, 11) is 0. The van der Waals surface area contributed by atoms with E-state index in [2.05, 4.69) is 27.5 Å². The van der Waals surface area contributed by atoms with Gasteiger partial charge < -0.3 is 29.0 Å². The summed E-state index contributed by atoms with van der Waals surface area (Å²) < 4.78 is 27.8. The van der Waals surface area contributed by atoms with Crippen LogP contribution in [0.3, 0.4) is 0 Å². The maximum atomic E-state index is 12.4. The number of azide groups is 1. The van der Waals surface area contributed by atoms with Crippen LogP contribution in [-0.4, -0.2) is 65.2 Å². The van der Waals surface area contributed by atoms with Crippen molar-refractivity contribution in [3.05, 3.63) is 64.0 Å². The van der Waals surface area contributed by atoms with Crippen molar-refractivity contribution < 1.29 is 28.5 Å². The third kappa shape index (κ3) is 10.5. The number of carbonyl (C=O) groups excluding carboxylic acids is 1. The van der Waals surface area contributed by atoms with Crippen molar-refractivity contribution in [1.29, 1.82) is 0 Å². The largest absolute Gasteiger partial charge is 0.494 e. The molecule has 2 aromatic rings. The summed E-state index contributed by atoms with van der Waals surface area (Å²) in [4.78, 5) is 15.0. The third-order valence-corrected chi connectivity index (χ3v) is 6.05. The zero-order chi connectivity index (χ0) is 26.8. The molecule has 0 aromatic heterocycles. The van der Waals surface area contributed by atoms with Gasteiger partial charge in [0.2, 0.25) is 5.91 Å². The van der Waals surface area contributed by atoms with Crippen LogP contribution in [0.1, 0.15) is 43.2 Å². The normalized spacial score (nSPS) is 13.9. The maximum absolute atomic E-state index is 12.4. The first kappa shape index (κ1) is 29.1. The number of nitrogens with zero attached hydrogens (tertiary/aromatic N) is 3. The van der Waals surface area contributed by atoms with Crippen LogP contribution in [0.25, 0.3) is 10.4 Å². The van der Waals surface area contributed by atoms with Gasteiger partial charge in [0.05, 0.1) is 46.2 Å². The van der Waals surface area contributed by atoms with Crippen LogP contribution in [0.15, 0.2) is 47.6 Å². The second-order valence-corrected chi connectivity index (χ2v) is 8.78. The number of rotatable bonds is 19. The number of nitrogens with one attached hydrogen (secondary N) is 1. The van der Waals surface area contributed by atoms with Crippen molar-refractivity contribution in [2.75, 3.05) is 59.3 Å². The second-order valence-electron chi connectivity index (χ2n) is 8.78. The molecular formula is C28H38N4O6. The molecule has 0 heterocycles. The maximum Gasteiger partial charge on any atom is 0.220 e. The molecule has 0 radical (unpaired) electrons. The van der Waals surface area contributed by atoms with E-state index >= 15 is 0 Å². The minimum atomic E-state index is 0.0323. The van der Waals surface area contributed by atoms with Crippen LogP contribution in [0.2, 0.25) is 0 Å². The summed E-state index contributed by atoms with van der Waals surface area (Å²) in [6, 6.07) is 13.8. The minimum absolute atomic E-state index is 0.0323. The molecule has 10 nitrogen and oxygen atoms in total. The van der Waals surface area contributed by atoms with E-state index in [1.165, 1.54) is 11.1 Å². The quantitative estimate of drug-likeness (QED) is 0.121. The topological polar surface area (TPSA) is 124 Å². The lowest BCUT2D eigenvalue weighted by Crippen LogP contribution is -2.28. The van der Waals surface area contributed by atoms with Gasteiger partial charge >= 0.3 is 0 Å². The van der Waals surface area contributed by atoms with Crippen LogP contribution in [0, 0.1) is 0 Å². The molecule has 0 saturated heterocycles. The fraction of sp³-hybridized carbons (Fsp3) is 0.536. The number of benzene rings is 2.